The summed E-state index contributed by atoms with van der Waals surface area (Å²) in [4.78, 5) is 27.2. The van der Waals surface area contributed by atoms with Crippen molar-refractivity contribution in [3.05, 3.63) is 64.7 Å². The molecule has 2 aromatic carbocycles. The van der Waals surface area contributed by atoms with Gasteiger partial charge in [0.15, 0.2) is 0 Å². The monoisotopic (exact) mass is 396 g/mol. The number of hydrogen-bond donors (Lipinski definition) is 1. The van der Waals surface area contributed by atoms with Gasteiger partial charge in [-0.25, -0.2) is 0 Å². The molecule has 1 amide bonds. The first-order chi connectivity index (χ1) is 13.9. The summed E-state index contributed by atoms with van der Waals surface area (Å²) in [7, 11) is 2.94. The van der Waals surface area contributed by atoms with E-state index in [9.17, 15) is 9.59 Å². The van der Waals surface area contributed by atoms with Crippen molar-refractivity contribution in [1.29, 1.82) is 0 Å². The highest BCUT2D eigenvalue weighted by atomic mass is 16.5. The van der Waals surface area contributed by atoms with E-state index >= 15 is 0 Å². The zero-order chi connectivity index (χ0) is 21.0. The third kappa shape index (κ3) is 4.77. The second-order valence-corrected chi connectivity index (χ2v) is 7.50. The van der Waals surface area contributed by atoms with Gasteiger partial charge in [-0.3, -0.25) is 14.5 Å². The molecule has 1 saturated heterocycles. The lowest BCUT2D eigenvalue weighted by atomic mass is 10.0. The van der Waals surface area contributed by atoms with Crippen molar-refractivity contribution in [2.75, 3.05) is 20.8 Å². The van der Waals surface area contributed by atoms with Gasteiger partial charge in [-0.1, -0.05) is 35.9 Å². The zero-order valence-electron chi connectivity index (χ0n) is 17.4. The Kier molecular flexibility index (Phi) is 6.54. The fraction of sp³-hybridized carbons (Fsp3) is 0.391. The van der Waals surface area contributed by atoms with Gasteiger partial charge in [0.05, 0.1) is 19.8 Å². The minimum absolute atomic E-state index is 0.151. The number of carbonyl (C=O) groups excluding carboxylic acids is 2. The van der Waals surface area contributed by atoms with Crippen LogP contribution < -0.4 is 10.1 Å². The average molecular weight is 396 g/mol. The topological polar surface area (TPSA) is 67.9 Å². The third-order valence-electron chi connectivity index (χ3n) is 5.44. The molecule has 3 rings (SSSR count). The number of benzene rings is 2. The van der Waals surface area contributed by atoms with E-state index in [1.54, 1.807) is 25.3 Å². The van der Waals surface area contributed by atoms with E-state index in [1.165, 1.54) is 23.8 Å². The molecule has 0 spiro atoms. The molecular weight excluding hydrogens is 368 g/mol. The maximum absolute atomic E-state index is 12.8. The smallest absolute Gasteiger partial charge is 0.323 e. The fourth-order valence-electron chi connectivity index (χ4n) is 3.85. The van der Waals surface area contributed by atoms with Crippen LogP contribution >= 0.6 is 0 Å². The van der Waals surface area contributed by atoms with Crippen molar-refractivity contribution >= 4 is 11.9 Å². The Labute approximate surface area is 171 Å². The van der Waals surface area contributed by atoms with Crippen LogP contribution in [0, 0.1) is 13.8 Å². The van der Waals surface area contributed by atoms with E-state index in [1.807, 2.05) is 6.07 Å². The molecule has 1 heterocycles. The van der Waals surface area contributed by atoms with Gasteiger partial charge in [0, 0.05) is 19.1 Å². The zero-order valence-corrected chi connectivity index (χ0v) is 17.4. The van der Waals surface area contributed by atoms with Crippen molar-refractivity contribution in [2.45, 2.75) is 38.9 Å². The lowest BCUT2D eigenvalue weighted by molar-refractivity contribution is -0.146. The number of hydrogen-bond acceptors (Lipinski definition) is 5. The van der Waals surface area contributed by atoms with Crippen molar-refractivity contribution in [3.8, 4) is 5.75 Å². The Hall–Kier alpha value is -2.86. The van der Waals surface area contributed by atoms with Crippen molar-refractivity contribution < 1.29 is 19.1 Å². The molecule has 0 bridgehead atoms. The number of ether oxygens (including phenoxy) is 2. The van der Waals surface area contributed by atoms with Crippen molar-refractivity contribution in [1.82, 2.24) is 10.2 Å². The Balaban J connectivity index is 1.76. The second kappa shape index (κ2) is 9.09. The van der Waals surface area contributed by atoms with Crippen LogP contribution in [0.4, 0.5) is 0 Å². The highest BCUT2D eigenvalue weighted by molar-refractivity contribution is 5.97. The molecule has 0 radical (unpaired) electrons. The van der Waals surface area contributed by atoms with Gasteiger partial charge < -0.3 is 14.8 Å². The van der Waals surface area contributed by atoms with E-state index in [0.29, 0.717) is 30.8 Å². The SMILES string of the molecule is COC(=O)[C@@H]1C[C@@H](NC(=O)c2ccccc2OC)CN1Cc1cc(C)ccc1C. The van der Waals surface area contributed by atoms with Gasteiger partial charge in [0.25, 0.3) is 5.91 Å². The molecule has 6 nitrogen and oxygen atoms in total. The minimum atomic E-state index is -0.386. The first-order valence-electron chi connectivity index (χ1n) is 9.74. The first-order valence-corrected chi connectivity index (χ1v) is 9.74. The molecule has 154 valence electrons. The molecule has 2 atom stereocenters. The van der Waals surface area contributed by atoms with Gasteiger partial charge in [0.2, 0.25) is 0 Å². The quantitative estimate of drug-likeness (QED) is 0.761. The third-order valence-corrected chi connectivity index (χ3v) is 5.44. The van der Waals surface area contributed by atoms with E-state index in [2.05, 4.69) is 42.3 Å². The fourth-order valence-corrected chi connectivity index (χ4v) is 3.85. The van der Waals surface area contributed by atoms with Crippen LogP contribution in [0.15, 0.2) is 42.5 Å². The van der Waals surface area contributed by atoms with Crippen LogP contribution in [-0.4, -0.2) is 49.6 Å². The van der Waals surface area contributed by atoms with E-state index in [0.717, 1.165) is 0 Å². The second-order valence-electron chi connectivity index (χ2n) is 7.50. The summed E-state index contributed by atoms with van der Waals surface area (Å²) in [5, 5.41) is 3.05. The lowest BCUT2D eigenvalue weighted by Crippen LogP contribution is -2.38. The molecule has 1 N–H and O–H groups in total. The number of para-hydroxylation sites is 1. The van der Waals surface area contributed by atoms with Crippen LogP contribution in [-0.2, 0) is 16.1 Å². The number of likely N-dealkylation sites (tertiary alicyclic amines) is 1. The average Bonchev–Trinajstić information content (AvgIpc) is 3.12. The number of carbonyl (C=O) groups is 2. The Morgan fingerprint density at radius 2 is 1.90 bits per heavy atom. The molecule has 0 saturated carbocycles. The summed E-state index contributed by atoms with van der Waals surface area (Å²) < 4.78 is 10.3. The van der Waals surface area contributed by atoms with Crippen LogP contribution in [0.3, 0.4) is 0 Å². The molecule has 6 heteroatoms. The number of amides is 1. The van der Waals surface area contributed by atoms with Gasteiger partial charge >= 0.3 is 5.97 Å². The lowest BCUT2D eigenvalue weighted by Gasteiger charge is -2.23. The number of methoxy groups -OCH3 is 2. The molecule has 1 fully saturated rings. The minimum Gasteiger partial charge on any atom is -0.496 e. The standard InChI is InChI=1S/C23H28N2O4/c1-15-9-10-16(2)17(11-15)13-25-14-18(12-20(25)23(27)29-4)24-22(26)19-7-5-6-8-21(19)28-3/h5-11,18,20H,12-14H2,1-4H3,(H,24,26)/t18-,20+/m1/s1. The summed E-state index contributed by atoms with van der Waals surface area (Å²) in [5.41, 5.74) is 4.02. The summed E-state index contributed by atoms with van der Waals surface area (Å²) in [5.74, 6) is 0.0498. The predicted octanol–water partition coefficient (Wildman–Crippen LogP) is 2.86. The molecular formula is C23H28N2O4. The van der Waals surface area contributed by atoms with Crippen LogP contribution in [0.1, 0.15) is 33.5 Å². The molecule has 1 aliphatic rings. The van der Waals surface area contributed by atoms with Gasteiger partial charge in [0.1, 0.15) is 11.8 Å². The maximum atomic E-state index is 12.8. The molecule has 0 aliphatic carbocycles. The van der Waals surface area contributed by atoms with Gasteiger partial charge in [-0.05, 0) is 43.5 Å². The molecule has 29 heavy (non-hydrogen) atoms. The number of nitrogens with one attached hydrogen (secondary N) is 1. The highest BCUT2D eigenvalue weighted by Gasteiger charge is 2.38. The summed E-state index contributed by atoms with van der Waals surface area (Å²) in [6.07, 6.45) is 0.512. The van der Waals surface area contributed by atoms with E-state index < -0.39 is 0 Å². The van der Waals surface area contributed by atoms with Crippen LogP contribution in [0.5, 0.6) is 5.75 Å². The molecule has 2 aromatic rings. The summed E-state index contributed by atoms with van der Waals surface area (Å²) >= 11 is 0. The maximum Gasteiger partial charge on any atom is 0.323 e. The largest absolute Gasteiger partial charge is 0.496 e. The summed E-state index contributed by atoms with van der Waals surface area (Å²) in [6.45, 7) is 5.34. The van der Waals surface area contributed by atoms with Crippen molar-refractivity contribution in [2.24, 2.45) is 0 Å². The number of nitrogens with zero attached hydrogens (tertiary/aromatic N) is 1. The Bertz CT molecular complexity index is 896. The van der Waals surface area contributed by atoms with E-state index in [-0.39, 0.29) is 24.0 Å². The number of aryl methyl sites for hydroxylation is 2. The molecule has 0 unspecified atom stereocenters. The molecule has 1 aliphatic heterocycles. The summed E-state index contributed by atoms with van der Waals surface area (Å²) in [6, 6.07) is 12.9. The Morgan fingerprint density at radius 1 is 1.14 bits per heavy atom. The van der Waals surface area contributed by atoms with Crippen LogP contribution in [0.2, 0.25) is 0 Å². The Morgan fingerprint density at radius 3 is 2.62 bits per heavy atom. The van der Waals surface area contributed by atoms with Crippen LogP contribution in [0.25, 0.3) is 0 Å². The first kappa shape index (κ1) is 20.9. The highest BCUT2D eigenvalue weighted by Crippen LogP contribution is 2.25. The molecule has 0 aromatic heterocycles. The number of rotatable bonds is 6. The normalized spacial score (nSPS) is 19.0. The van der Waals surface area contributed by atoms with E-state index in [4.69, 9.17) is 9.47 Å². The predicted molar refractivity (Wildman–Crippen MR) is 111 cm³/mol. The van der Waals surface area contributed by atoms with Gasteiger partial charge in [-0.15, -0.1) is 0 Å². The van der Waals surface area contributed by atoms with Gasteiger partial charge in [-0.2, -0.15) is 0 Å². The number of esters is 1. The van der Waals surface area contributed by atoms with Crippen molar-refractivity contribution in [3.63, 3.8) is 0 Å².